The molecule has 1 fully saturated rings. The summed E-state index contributed by atoms with van der Waals surface area (Å²) in [5, 5.41) is 4.54. The van der Waals surface area contributed by atoms with Crippen molar-refractivity contribution in [1.29, 1.82) is 0 Å². The topological polar surface area (TPSA) is 68.7 Å². The van der Waals surface area contributed by atoms with Crippen LogP contribution in [0.15, 0.2) is 18.2 Å². The molecule has 1 saturated heterocycles. The molecular weight excluding hydrogens is 230 g/mol. The number of aryl methyl sites for hydroxylation is 1. The smallest absolute Gasteiger partial charge is 0.245 e. The molecule has 3 heterocycles. The molecule has 96 valence electrons. The second-order valence-corrected chi connectivity index (χ2v) is 4.52. The number of hydrogen-bond donors (Lipinski definition) is 1. The van der Waals surface area contributed by atoms with Gasteiger partial charge in [0.2, 0.25) is 5.95 Å². The number of nitrogens with two attached hydrogens (primary N) is 1. The minimum Gasteiger partial charge on any atom is -0.373 e. The van der Waals surface area contributed by atoms with Crippen molar-refractivity contribution in [1.82, 2.24) is 14.6 Å². The molecule has 1 unspecified atom stereocenters. The van der Waals surface area contributed by atoms with Crippen molar-refractivity contribution in [2.45, 2.75) is 13.0 Å². The van der Waals surface area contributed by atoms with Crippen LogP contribution in [0.3, 0.4) is 0 Å². The number of fused-ring (bicyclic) bond motifs is 1. The zero-order chi connectivity index (χ0) is 12.5. The highest BCUT2D eigenvalue weighted by Crippen LogP contribution is 2.15. The Balaban J connectivity index is 1.92. The fourth-order valence-corrected chi connectivity index (χ4v) is 2.20. The number of nitrogens with zero attached hydrogens (tertiary/aromatic N) is 4. The van der Waals surface area contributed by atoms with E-state index < -0.39 is 0 Å². The Bertz CT molecular complexity index is 552. The lowest BCUT2D eigenvalue weighted by molar-refractivity contribution is 0.0460. The highest BCUT2D eigenvalue weighted by Gasteiger charge is 2.22. The highest BCUT2D eigenvalue weighted by atomic mass is 16.5. The number of anilines is 1. The van der Waals surface area contributed by atoms with Crippen LogP contribution >= 0.6 is 0 Å². The van der Waals surface area contributed by atoms with E-state index in [1.807, 2.05) is 29.6 Å². The third kappa shape index (κ3) is 1.93. The summed E-state index contributed by atoms with van der Waals surface area (Å²) in [6.45, 7) is 4.80. The van der Waals surface area contributed by atoms with Gasteiger partial charge in [-0.1, -0.05) is 6.07 Å². The first-order chi connectivity index (χ1) is 8.78. The third-order valence-electron chi connectivity index (χ3n) is 3.22. The lowest BCUT2D eigenvalue weighted by Gasteiger charge is -2.31. The first kappa shape index (κ1) is 11.4. The predicted molar refractivity (Wildman–Crippen MR) is 68.7 cm³/mol. The average molecular weight is 247 g/mol. The van der Waals surface area contributed by atoms with Crippen LogP contribution in [0.4, 0.5) is 5.95 Å². The molecule has 3 rings (SSSR count). The van der Waals surface area contributed by atoms with E-state index in [4.69, 9.17) is 10.5 Å². The first-order valence-electron chi connectivity index (χ1n) is 6.17. The first-order valence-corrected chi connectivity index (χ1v) is 6.17. The Morgan fingerprint density at radius 3 is 3.17 bits per heavy atom. The van der Waals surface area contributed by atoms with Crippen molar-refractivity contribution in [3.05, 3.63) is 23.9 Å². The Kier molecular flexibility index (Phi) is 2.89. The molecule has 0 saturated carbocycles. The van der Waals surface area contributed by atoms with Crippen LogP contribution in [0, 0.1) is 6.92 Å². The molecule has 0 spiro atoms. The molecule has 1 aliphatic heterocycles. The normalized spacial score (nSPS) is 20.6. The molecule has 0 radical (unpaired) electrons. The standard InChI is InChI=1S/C12H17N5O/c1-9-3-2-4-11-14-12(15-17(9)11)16-5-6-18-10(7-13)8-16/h2-4,10H,5-8,13H2,1H3. The molecule has 1 aliphatic rings. The van der Waals surface area contributed by atoms with Crippen molar-refractivity contribution in [3.63, 3.8) is 0 Å². The Morgan fingerprint density at radius 1 is 1.50 bits per heavy atom. The summed E-state index contributed by atoms with van der Waals surface area (Å²) in [4.78, 5) is 6.68. The number of morpholine rings is 1. The molecule has 2 aromatic heterocycles. The van der Waals surface area contributed by atoms with Crippen LogP contribution in [0.25, 0.3) is 5.65 Å². The number of ether oxygens (including phenoxy) is 1. The molecule has 6 heteroatoms. The molecule has 1 atom stereocenters. The molecule has 6 nitrogen and oxygen atoms in total. The van der Waals surface area contributed by atoms with Crippen LogP contribution in [-0.2, 0) is 4.74 Å². The van der Waals surface area contributed by atoms with E-state index in [0.717, 1.165) is 30.4 Å². The maximum atomic E-state index is 5.65. The monoisotopic (exact) mass is 247 g/mol. The lowest BCUT2D eigenvalue weighted by atomic mass is 10.3. The molecule has 0 aromatic carbocycles. The van der Waals surface area contributed by atoms with E-state index in [0.29, 0.717) is 13.2 Å². The lowest BCUT2D eigenvalue weighted by Crippen LogP contribution is -2.46. The average Bonchev–Trinajstić information content (AvgIpc) is 2.84. The van der Waals surface area contributed by atoms with Crippen molar-refractivity contribution >= 4 is 11.6 Å². The molecule has 0 bridgehead atoms. The fraction of sp³-hybridized carbons (Fsp3) is 0.500. The second-order valence-electron chi connectivity index (χ2n) is 4.52. The second kappa shape index (κ2) is 4.55. The molecule has 0 aliphatic carbocycles. The van der Waals surface area contributed by atoms with E-state index in [2.05, 4.69) is 15.0 Å². The molecule has 18 heavy (non-hydrogen) atoms. The number of aromatic nitrogens is 3. The van der Waals surface area contributed by atoms with Crippen molar-refractivity contribution in [3.8, 4) is 0 Å². The Hall–Kier alpha value is -1.66. The summed E-state index contributed by atoms with van der Waals surface area (Å²) in [6.07, 6.45) is 0.0754. The van der Waals surface area contributed by atoms with E-state index in [1.54, 1.807) is 0 Å². The summed E-state index contributed by atoms with van der Waals surface area (Å²) >= 11 is 0. The predicted octanol–water partition coefficient (Wildman–Crippen LogP) is 0.202. The van der Waals surface area contributed by atoms with Crippen LogP contribution in [-0.4, -0.2) is 46.9 Å². The van der Waals surface area contributed by atoms with Gasteiger partial charge in [0.05, 0.1) is 12.7 Å². The maximum absolute atomic E-state index is 5.65. The van der Waals surface area contributed by atoms with Gasteiger partial charge >= 0.3 is 0 Å². The van der Waals surface area contributed by atoms with E-state index >= 15 is 0 Å². The zero-order valence-corrected chi connectivity index (χ0v) is 10.4. The largest absolute Gasteiger partial charge is 0.373 e. The van der Waals surface area contributed by atoms with Gasteiger partial charge in [0.1, 0.15) is 0 Å². The van der Waals surface area contributed by atoms with Crippen LogP contribution in [0.5, 0.6) is 0 Å². The molecule has 0 amide bonds. The van der Waals surface area contributed by atoms with Gasteiger partial charge < -0.3 is 15.4 Å². The van der Waals surface area contributed by atoms with Gasteiger partial charge in [0, 0.05) is 25.3 Å². The van der Waals surface area contributed by atoms with Gasteiger partial charge in [-0.2, -0.15) is 4.98 Å². The molecule has 2 aromatic rings. The highest BCUT2D eigenvalue weighted by molar-refractivity contribution is 5.46. The number of rotatable bonds is 2. The van der Waals surface area contributed by atoms with Crippen LogP contribution < -0.4 is 10.6 Å². The number of pyridine rings is 1. The summed E-state index contributed by atoms with van der Waals surface area (Å²) in [7, 11) is 0. The third-order valence-corrected chi connectivity index (χ3v) is 3.22. The van der Waals surface area contributed by atoms with Gasteiger partial charge in [0.15, 0.2) is 5.65 Å². The quantitative estimate of drug-likeness (QED) is 0.821. The summed E-state index contributed by atoms with van der Waals surface area (Å²) < 4.78 is 7.41. The Labute approximate surface area is 105 Å². The van der Waals surface area contributed by atoms with E-state index in [1.165, 1.54) is 0 Å². The van der Waals surface area contributed by atoms with Gasteiger partial charge in [-0.25, -0.2) is 4.52 Å². The van der Waals surface area contributed by atoms with Crippen LogP contribution in [0.2, 0.25) is 0 Å². The fourth-order valence-electron chi connectivity index (χ4n) is 2.20. The van der Waals surface area contributed by atoms with E-state index in [-0.39, 0.29) is 6.10 Å². The SMILES string of the molecule is Cc1cccc2nc(N3CCOC(CN)C3)nn12. The van der Waals surface area contributed by atoms with E-state index in [9.17, 15) is 0 Å². The molecular formula is C12H17N5O. The summed E-state index contributed by atoms with van der Waals surface area (Å²) in [5.74, 6) is 0.756. The van der Waals surface area contributed by atoms with Gasteiger partial charge in [-0.3, -0.25) is 0 Å². The summed E-state index contributed by atoms with van der Waals surface area (Å²) in [5.41, 5.74) is 7.60. The summed E-state index contributed by atoms with van der Waals surface area (Å²) in [6, 6.07) is 5.98. The van der Waals surface area contributed by atoms with Gasteiger partial charge in [-0.15, -0.1) is 5.10 Å². The molecule has 2 N–H and O–H groups in total. The minimum absolute atomic E-state index is 0.0754. The van der Waals surface area contributed by atoms with Gasteiger partial charge in [-0.05, 0) is 19.1 Å². The van der Waals surface area contributed by atoms with Crippen LogP contribution in [0.1, 0.15) is 5.69 Å². The number of hydrogen-bond acceptors (Lipinski definition) is 5. The van der Waals surface area contributed by atoms with Crippen molar-refractivity contribution in [2.75, 3.05) is 31.1 Å². The maximum Gasteiger partial charge on any atom is 0.245 e. The van der Waals surface area contributed by atoms with Crippen molar-refractivity contribution < 1.29 is 4.74 Å². The van der Waals surface area contributed by atoms with Gasteiger partial charge in [0.25, 0.3) is 0 Å². The minimum atomic E-state index is 0.0754. The zero-order valence-electron chi connectivity index (χ0n) is 10.4. The Morgan fingerprint density at radius 2 is 2.39 bits per heavy atom. The van der Waals surface area contributed by atoms with Crippen molar-refractivity contribution in [2.24, 2.45) is 5.73 Å².